The monoisotopic (exact) mass is 487 g/mol. The standard InChI is InChI=1S/C25H28F3N5S/c1-31-23(18-8-3-2-4-9-18)29-30-24(31)34-15-7-13-32-16-19-12-14-33(22(19)17-32)21-11-6-5-10-20(21)25(26,27)28/h2-6,8-11,19,22H,7,12-17H2,1H3/t19-,22+/m1/s1. The lowest BCUT2D eigenvalue weighted by molar-refractivity contribution is -0.137. The Hall–Kier alpha value is -2.52. The molecule has 0 radical (unpaired) electrons. The fourth-order valence-electron chi connectivity index (χ4n) is 5.23. The fourth-order valence-corrected chi connectivity index (χ4v) is 6.06. The van der Waals surface area contributed by atoms with Crippen molar-refractivity contribution in [2.75, 3.05) is 36.8 Å². The Bertz CT molecular complexity index is 1120. The lowest BCUT2D eigenvalue weighted by Gasteiger charge is -2.29. The van der Waals surface area contributed by atoms with E-state index in [9.17, 15) is 13.2 Å². The predicted octanol–water partition coefficient (Wildman–Crippen LogP) is 5.19. The van der Waals surface area contributed by atoms with Crippen molar-refractivity contribution in [1.29, 1.82) is 0 Å². The smallest absolute Gasteiger partial charge is 0.366 e. The highest BCUT2D eigenvalue weighted by Crippen LogP contribution is 2.41. The topological polar surface area (TPSA) is 37.2 Å². The molecule has 2 saturated heterocycles. The highest BCUT2D eigenvalue weighted by atomic mass is 32.2. The zero-order chi connectivity index (χ0) is 23.7. The van der Waals surface area contributed by atoms with Gasteiger partial charge in [-0.1, -0.05) is 54.2 Å². The van der Waals surface area contributed by atoms with Gasteiger partial charge in [0, 0.05) is 49.7 Å². The molecule has 180 valence electrons. The van der Waals surface area contributed by atoms with Crippen LogP contribution in [0.25, 0.3) is 11.4 Å². The maximum atomic E-state index is 13.5. The summed E-state index contributed by atoms with van der Waals surface area (Å²) >= 11 is 1.70. The van der Waals surface area contributed by atoms with Crippen LogP contribution in [0.4, 0.5) is 18.9 Å². The minimum atomic E-state index is -4.33. The Kier molecular flexibility index (Phi) is 6.57. The molecule has 2 aliphatic rings. The number of aromatic nitrogens is 3. The van der Waals surface area contributed by atoms with E-state index in [0.29, 0.717) is 18.2 Å². The van der Waals surface area contributed by atoms with Crippen molar-refractivity contribution < 1.29 is 13.2 Å². The summed E-state index contributed by atoms with van der Waals surface area (Å²) < 4.78 is 42.7. The van der Waals surface area contributed by atoms with E-state index < -0.39 is 11.7 Å². The van der Waals surface area contributed by atoms with Crippen LogP contribution in [0.2, 0.25) is 0 Å². The van der Waals surface area contributed by atoms with Crippen LogP contribution in [0.5, 0.6) is 0 Å². The minimum absolute atomic E-state index is 0.156. The van der Waals surface area contributed by atoms with Gasteiger partial charge < -0.3 is 14.4 Å². The first-order valence-corrected chi connectivity index (χ1v) is 12.6. The van der Waals surface area contributed by atoms with Crippen LogP contribution in [-0.2, 0) is 13.2 Å². The molecule has 2 atom stereocenters. The molecule has 34 heavy (non-hydrogen) atoms. The molecule has 2 fully saturated rings. The highest BCUT2D eigenvalue weighted by molar-refractivity contribution is 7.99. The molecule has 0 N–H and O–H groups in total. The molecular weight excluding hydrogens is 459 g/mol. The summed E-state index contributed by atoms with van der Waals surface area (Å²) in [6.45, 7) is 3.42. The van der Waals surface area contributed by atoms with Crippen molar-refractivity contribution in [3.63, 3.8) is 0 Å². The van der Waals surface area contributed by atoms with Crippen molar-refractivity contribution in [1.82, 2.24) is 19.7 Å². The first kappa shape index (κ1) is 23.2. The number of rotatable bonds is 7. The van der Waals surface area contributed by atoms with Crippen molar-refractivity contribution in [2.24, 2.45) is 13.0 Å². The Morgan fingerprint density at radius 2 is 1.76 bits per heavy atom. The molecule has 0 amide bonds. The van der Waals surface area contributed by atoms with E-state index in [1.807, 2.05) is 46.8 Å². The SMILES string of the molecule is Cn1c(SCCCN2C[C@H]3CCN(c4ccccc4C(F)(F)F)[C@H]3C2)nnc1-c1ccccc1. The summed E-state index contributed by atoms with van der Waals surface area (Å²) in [7, 11) is 1.99. The molecule has 5 nitrogen and oxygen atoms in total. The lowest BCUT2D eigenvalue weighted by atomic mass is 10.0. The van der Waals surface area contributed by atoms with Gasteiger partial charge in [0.1, 0.15) is 0 Å². The van der Waals surface area contributed by atoms with Gasteiger partial charge in [0.25, 0.3) is 0 Å². The first-order chi connectivity index (χ1) is 16.4. The molecule has 1 aromatic heterocycles. The number of nitrogens with zero attached hydrogens (tertiary/aromatic N) is 5. The average Bonchev–Trinajstić information content (AvgIpc) is 3.51. The van der Waals surface area contributed by atoms with Crippen molar-refractivity contribution in [3.8, 4) is 11.4 Å². The van der Waals surface area contributed by atoms with Crippen LogP contribution >= 0.6 is 11.8 Å². The van der Waals surface area contributed by atoms with Gasteiger partial charge in [-0.15, -0.1) is 10.2 Å². The maximum Gasteiger partial charge on any atom is 0.418 e. The molecule has 2 aliphatic heterocycles. The third kappa shape index (κ3) is 4.68. The fraction of sp³-hybridized carbons (Fsp3) is 0.440. The lowest BCUT2D eigenvalue weighted by Crippen LogP contribution is -2.36. The van der Waals surface area contributed by atoms with Gasteiger partial charge in [-0.3, -0.25) is 0 Å². The van der Waals surface area contributed by atoms with E-state index in [0.717, 1.165) is 54.8 Å². The largest absolute Gasteiger partial charge is 0.418 e. The van der Waals surface area contributed by atoms with Crippen LogP contribution in [-0.4, -0.2) is 57.6 Å². The molecule has 2 aromatic carbocycles. The molecule has 5 rings (SSSR count). The molecule has 3 heterocycles. The van der Waals surface area contributed by atoms with Gasteiger partial charge in [-0.25, -0.2) is 0 Å². The summed E-state index contributed by atoms with van der Waals surface area (Å²) in [6, 6.07) is 16.2. The second-order valence-electron chi connectivity index (χ2n) is 9.02. The Balaban J connectivity index is 1.15. The van der Waals surface area contributed by atoms with Gasteiger partial charge in [0.2, 0.25) is 0 Å². The maximum absolute atomic E-state index is 13.5. The molecule has 0 unspecified atom stereocenters. The summed E-state index contributed by atoms with van der Waals surface area (Å²) in [6.07, 6.45) is -2.38. The van der Waals surface area contributed by atoms with Crippen molar-refractivity contribution >= 4 is 17.4 Å². The van der Waals surface area contributed by atoms with Crippen LogP contribution in [0.3, 0.4) is 0 Å². The zero-order valence-corrected chi connectivity index (χ0v) is 19.9. The van der Waals surface area contributed by atoms with Crippen LogP contribution in [0.1, 0.15) is 18.4 Å². The number of hydrogen-bond donors (Lipinski definition) is 0. The number of benzene rings is 2. The molecule has 9 heteroatoms. The Labute approximate surface area is 202 Å². The van der Waals surface area contributed by atoms with E-state index in [2.05, 4.69) is 15.1 Å². The second kappa shape index (κ2) is 9.62. The van der Waals surface area contributed by atoms with Crippen LogP contribution < -0.4 is 4.90 Å². The number of likely N-dealkylation sites (tertiary alicyclic amines) is 1. The van der Waals surface area contributed by atoms with E-state index in [4.69, 9.17) is 0 Å². The van der Waals surface area contributed by atoms with Gasteiger partial charge in [0.05, 0.1) is 5.56 Å². The van der Waals surface area contributed by atoms with Gasteiger partial charge in [0.15, 0.2) is 11.0 Å². The molecule has 0 saturated carbocycles. The van der Waals surface area contributed by atoms with E-state index in [1.54, 1.807) is 23.9 Å². The normalized spacial score (nSPS) is 20.8. The number of hydrogen-bond acceptors (Lipinski definition) is 5. The second-order valence-corrected chi connectivity index (χ2v) is 10.1. The molecule has 0 spiro atoms. The summed E-state index contributed by atoms with van der Waals surface area (Å²) in [4.78, 5) is 4.40. The molecule has 3 aromatic rings. The molecule has 0 bridgehead atoms. The summed E-state index contributed by atoms with van der Waals surface area (Å²) in [5.41, 5.74) is 0.852. The van der Waals surface area contributed by atoms with Crippen molar-refractivity contribution in [3.05, 3.63) is 60.2 Å². The molecular formula is C25H28F3N5S. The minimum Gasteiger partial charge on any atom is -0.366 e. The first-order valence-electron chi connectivity index (χ1n) is 11.6. The van der Waals surface area contributed by atoms with Gasteiger partial charge >= 0.3 is 6.18 Å². The number of halogens is 3. The van der Waals surface area contributed by atoms with Gasteiger partial charge in [-0.05, 0) is 37.4 Å². The van der Waals surface area contributed by atoms with Crippen LogP contribution in [0.15, 0.2) is 59.8 Å². The third-order valence-electron chi connectivity index (χ3n) is 6.86. The van der Waals surface area contributed by atoms with Crippen molar-refractivity contribution in [2.45, 2.75) is 30.2 Å². The number of anilines is 1. The third-order valence-corrected chi connectivity index (χ3v) is 7.97. The zero-order valence-electron chi connectivity index (χ0n) is 19.1. The average molecular weight is 488 g/mol. The summed E-state index contributed by atoms with van der Waals surface area (Å²) in [5, 5.41) is 9.58. The Morgan fingerprint density at radius 1 is 1.00 bits per heavy atom. The van der Waals surface area contributed by atoms with E-state index in [1.165, 1.54) is 12.1 Å². The number of thioether (sulfide) groups is 1. The summed E-state index contributed by atoms with van der Waals surface area (Å²) in [5.74, 6) is 2.21. The molecule has 0 aliphatic carbocycles. The number of para-hydroxylation sites is 1. The van der Waals surface area contributed by atoms with E-state index in [-0.39, 0.29) is 6.04 Å². The number of alkyl halides is 3. The van der Waals surface area contributed by atoms with Gasteiger partial charge in [-0.2, -0.15) is 13.2 Å². The van der Waals surface area contributed by atoms with E-state index >= 15 is 0 Å². The van der Waals surface area contributed by atoms with Crippen LogP contribution in [0, 0.1) is 5.92 Å². The predicted molar refractivity (Wildman–Crippen MR) is 129 cm³/mol. The quantitative estimate of drug-likeness (QED) is 0.339. The Morgan fingerprint density at radius 3 is 2.56 bits per heavy atom. The highest BCUT2D eigenvalue weighted by Gasteiger charge is 2.44. The number of fused-ring (bicyclic) bond motifs is 1.